The van der Waals surface area contributed by atoms with Crippen LogP contribution in [0.15, 0.2) is 29.2 Å². The highest BCUT2D eigenvalue weighted by atomic mass is 32.2. The number of nitrogens with two attached hydrogens (primary N) is 1. The highest BCUT2D eigenvalue weighted by Gasteiger charge is 2.09. The molecule has 1 aromatic rings. The minimum absolute atomic E-state index is 0.00382. The lowest BCUT2D eigenvalue weighted by Crippen LogP contribution is -2.12. The molecule has 0 saturated carbocycles. The molecule has 0 aliphatic carbocycles. The first-order valence-electron chi connectivity index (χ1n) is 5.06. The zero-order valence-electron chi connectivity index (χ0n) is 9.40. The molecule has 0 heterocycles. The van der Waals surface area contributed by atoms with Crippen molar-refractivity contribution in [1.29, 1.82) is 0 Å². The predicted octanol–water partition coefficient (Wildman–Crippen LogP) is 2.10. The number of ketones is 1. The van der Waals surface area contributed by atoms with Gasteiger partial charge in [-0.3, -0.25) is 9.59 Å². The van der Waals surface area contributed by atoms with Gasteiger partial charge in [0.2, 0.25) is 5.91 Å². The zero-order chi connectivity index (χ0) is 12.1. The molecule has 0 unspecified atom stereocenters. The second kappa shape index (κ2) is 5.70. The molecule has 2 N–H and O–H groups in total. The second-order valence-corrected chi connectivity index (χ2v) is 4.85. The summed E-state index contributed by atoms with van der Waals surface area (Å²) in [5, 5.41) is 0. The topological polar surface area (TPSA) is 60.2 Å². The van der Waals surface area contributed by atoms with Crippen LogP contribution in [0.1, 0.15) is 24.2 Å². The average Bonchev–Trinajstić information content (AvgIpc) is 2.26. The van der Waals surface area contributed by atoms with Crippen LogP contribution in [0.5, 0.6) is 0 Å². The zero-order valence-corrected chi connectivity index (χ0v) is 10.2. The van der Waals surface area contributed by atoms with Crippen molar-refractivity contribution in [2.24, 2.45) is 11.7 Å². The number of hydrogen-bond donors (Lipinski definition) is 1. The van der Waals surface area contributed by atoms with E-state index in [9.17, 15) is 9.59 Å². The molecule has 0 aromatic heterocycles. The maximum absolute atomic E-state index is 11.6. The first kappa shape index (κ1) is 12.8. The largest absolute Gasteiger partial charge is 0.369 e. The number of Topliss-reactive ketones (excluding diaryl/α,β-unsaturated/α-hetero) is 1. The van der Waals surface area contributed by atoms with Gasteiger partial charge in [-0.25, -0.2) is 0 Å². The van der Waals surface area contributed by atoms with Gasteiger partial charge in [0.15, 0.2) is 5.78 Å². The molecular formula is C12H15NO2S. The molecule has 1 rings (SSSR count). The third-order valence-electron chi connectivity index (χ3n) is 2.04. The summed E-state index contributed by atoms with van der Waals surface area (Å²) in [6.07, 6.45) is 0. The molecule has 1 amide bonds. The standard InChI is InChI=1S/C12H15NO2S/c1-8(2)12(15)9-3-5-10(6-4-9)16-7-11(13)14/h3-6,8H,7H2,1-2H3,(H2,13,14). The molecule has 0 aliphatic heterocycles. The number of rotatable bonds is 5. The van der Waals surface area contributed by atoms with Crippen molar-refractivity contribution in [3.8, 4) is 0 Å². The lowest BCUT2D eigenvalue weighted by Gasteiger charge is -2.05. The van der Waals surface area contributed by atoms with Gasteiger partial charge in [0.05, 0.1) is 5.75 Å². The van der Waals surface area contributed by atoms with E-state index in [0.29, 0.717) is 5.56 Å². The SMILES string of the molecule is CC(C)C(=O)c1ccc(SCC(N)=O)cc1. The number of thioether (sulfide) groups is 1. The summed E-state index contributed by atoms with van der Waals surface area (Å²) in [6, 6.07) is 7.24. The van der Waals surface area contributed by atoms with E-state index in [1.165, 1.54) is 11.8 Å². The van der Waals surface area contributed by atoms with E-state index >= 15 is 0 Å². The van der Waals surface area contributed by atoms with Gasteiger partial charge < -0.3 is 5.73 Å². The van der Waals surface area contributed by atoms with E-state index in [2.05, 4.69) is 0 Å². The first-order chi connectivity index (χ1) is 7.50. The van der Waals surface area contributed by atoms with Crippen molar-refractivity contribution in [2.45, 2.75) is 18.7 Å². The van der Waals surface area contributed by atoms with Crippen molar-refractivity contribution < 1.29 is 9.59 Å². The van der Waals surface area contributed by atoms with E-state index < -0.39 is 0 Å². The van der Waals surface area contributed by atoms with Crippen LogP contribution in [0.3, 0.4) is 0 Å². The summed E-state index contributed by atoms with van der Waals surface area (Å²) < 4.78 is 0. The quantitative estimate of drug-likeness (QED) is 0.630. The molecule has 0 spiro atoms. The third-order valence-corrected chi connectivity index (χ3v) is 3.08. The molecule has 0 fully saturated rings. The molecule has 0 radical (unpaired) electrons. The van der Waals surface area contributed by atoms with Gasteiger partial charge >= 0.3 is 0 Å². The predicted molar refractivity (Wildman–Crippen MR) is 65.5 cm³/mol. The Labute approximate surface area is 99.4 Å². The van der Waals surface area contributed by atoms with Crippen molar-refractivity contribution >= 4 is 23.5 Å². The van der Waals surface area contributed by atoms with Crippen LogP contribution >= 0.6 is 11.8 Å². The maximum Gasteiger partial charge on any atom is 0.227 e. The van der Waals surface area contributed by atoms with E-state index in [1.807, 2.05) is 26.0 Å². The van der Waals surface area contributed by atoms with Gasteiger partial charge in [-0.2, -0.15) is 0 Å². The number of hydrogen-bond acceptors (Lipinski definition) is 3. The molecule has 0 bridgehead atoms. The molecule has 4 heteroatoms. The average molecular weight is 237 g/mol. The summed E-state index contributed by atoms with van der Waals surface area (Å²) in [5.41, 5.74) is 5.75. The summed E-state index contributed by atoms with van der Waals surface area (Å²) in [5.74, 6) is 0.0557. The summed E-state index contributed by atoms with van der Waals surface area (Å²) in [6.45, 7) is 3.75. The van der Waals surface area contributed by atoms with Crippen LogP contribution in [0.25, 0.3) is 0 Å². The van der Waals surface area contributed by atoms with Gasteiger partial charge in [-0.05, 0) is 12.1 Å². The molecule has 0 saturated heterocycles. The Balaban J connectivity index is 2.68. The highest BCUT2D eigenvalue weighted by molar-refractivity contribution is 8.00. The summed E-state index contributed by atoms with van der Waals surface area (Å²) >= 11 is 1.37. The Morgan fingerprint density at radius 3 is 2.25 bits per heavy atom. The summed E-state index contributed by atoms with van der Waals surface area (Å²) in [7, 11) is 0. The minimum Gasteiger partial charge on any atom is -0.369 e. The van der Waals surface area contributed by atoms with Gasteiger partial charge in [0.25, 0.3) is 0 Å². The van der Waals surface area contributed by atoms with Crippen LogP contribution in [0, 0.1) is 5.92 Å². The number of primary amides is 1. The molecule has 0 aliphatic rings. The minimum atomic E-state index is -0.340. The highest BCUT2D eigenvalue weighted by Crippen LogP contribution is 2.19. The molecule has 86 valence electrons. The van der Waals surface area contributed by atoms with Crippen LogP contribution in [0.2, 0.25) is 0 Å². The van der Waals surface area contributed by atoms with Gasteiger partial charge in [-0.1, -0.05) is 26.0 Å². The van der Waals surface area contributed by atoms with Crippen LogP contribution < -0.4 is 5.73 Å². The lowest BCUT2D eigenvalue weighted by atomic mass is 10.0. The van der Waals surface area contributed by atoms with Gasteiger partial charge in [-0.15, -0.1) is 11.8 Å². The van der Waals surface area contributed by atoms with Crippen molar-refractivity contribution in [3.05, 3.63) is 29.8 Å². The fourth-order valence-electron chi connectivity index (χ4n) is 1.20. The van der Waals surface area contributed by atoms with Crippen LogP contribution in [-0.2, 0) is 4.79 Å². The number of benzene rings is 1. The normalized spacial score (nSPS) is 10.4. The maximum atomic E-state index is 11.6. The Bertz CT molecular complexity index is 385. The Morgan fingerprint density at radius 2 is 1.81 bits per heavy atom. The van der Waals surface area contributed by atoms with E-state index in [1.54, 1.807) is 12.1 Å². The van der Waals surface area contributed by atoms with E-state index in [0.717, 1.165) is 4.90 Å². The van der Waals surface area contributed by atoms with E-state index in [4.69, 9.17) is 5.73 Å². The lowest BCUT2D eigenvalue weighted by molar-refractivity contribution is -0.115. The fraction of sp³-hybridized carbons (Fsp3) is 0.333. The Hall–Kier alpha value is -1.29. The van der Waals surface area contributed by atoms with Crippen molar-refractivity contribution in [2.75, 3.05) is 5.75 Å². The number of carbonyl (C=O) groups is 2. The molecule has 0 atom stereocenters. The first-order valence-corrected chi connectivity index (χ1v) is 6.04. The number of carbonyl (C=O) groups excluding carboxylic acids is 2. The summed E-state index contributed by atoms with van der Waals surface area (Å²) in [4.78, 5) is 23.2. The smallest absolute Gasteiger partial charge is 0.227 e. The van der Waals surface area contributed by atoms with Gasteiger partial charge in [0, 0.05) is 16.4 Å². The molecule has 1 aromatic carbocycles. The second-order valence-electron chi connectivity index (χ2n) is 3.80. The molecule has 16 heavy (non-hydrogen) atoms. The molecule has 3 nitrogen and oxygen atoms in total. The van der Waals surface area contributed by atoms with Crippen molar-refractivity contribution in [3.63, 3.8) is 0 Å². The number of amides is 1. The third kappa shape index (κ3) is 3.70. The van der Waals surface area contributed by atoms with Gasteiger partial charge in [0.1, 0.15) is 0 Å². The van der Waals surface area contributed by atoms with Crippen LogP contribution in [-0.4, -0.2) is 17.4 Å². The Morgan fingerprint density at radius 1 is 1.25 bits per heavy atom. The Kier molecular flexibility index (Phi) is 4.55. The van der Waals surface area contributed by atoms with E-state index in [-0.39, 0.29) is 23.4 Å². The van der Waals surface area contributed by atoms with Crippen LogP contribution in [0.4, 0.5) is 0 Å². The fourth-order valence-corrected chi connectivity index (χ4v) is 1.84. The van der Waals surface area contributed by atoms with Crippen molar-refractivity contribution in [1.82, 2.24) is 0 Å². The molecular weight excluding hydrogens is 222 g/mol. The monoisotopic (exact) mass is 237 g/mol.